The maximum absolute atomic E-state index is 12.0. The molecule has 0 fully saturated rings. The molecule has 0 saturated carbocycles. The number of rotatable bonds is 8. The van der Waals surface area contributed by atoms with Crippen molar-refractivity contribution in [3.63, 3.8) is 0 Å². The third kappa shape index (κ3) is 4.36. The van der Waals surface area contributed by atoms with Crippen LogP contribution in [0.15, 0.2) is 18.2 Å². The molecule has 7 heteroatoms. The summed E-state index contributed by atoms with van der Waals surface area (Å²) in [6.07, 6.45) is 0. The number of ether oxygens (including phenoxy) is 2. The Morgan fingerprint density at radius 2 is 1.95 bits per heavy atom. The predicted octanol–water partition coefficient (Wildman–Crippen LogP) is 0.731. The highest BCUT2D eigenvalue weighted by atomic mass is 32.2. The third-order valence-electron chi connectivity index (χ3n) is 2.98. The number of benzene rings is 1. The minimum atomic E-state index is -3.36. The quantitative estimate of drug-likeness (QED) is 0.740. The molecule has 0 radical (unpaired) electrons. The Morgan fingerprint density at radius 1 is 1.25 bits per heavy atom. The number of nitrogens with one attached hydrogen (secondary N) is 2. The van der Waals surface area contributed by atoms with Gasteiger partial charge in [-0.15, -0.1) is 0 Å². The third-order valence-corrected chi connectivity index (χ3v) is 4.75. The van der Waals surface area contributed by atoms with Crippen LogP contribution in [0.2, 0.25) is 0 Å². The van der Waals surface area contributed by atoms with E-state index in [1.165, 1.54) is 7.11 Å². The van der Waals surface area contributed by atoms with Gasteiger partial charge < -0.3 is 14.8 Å². The number of methoxy groups -OCH3 is 2. The van der Waals surface area contributed by atoms with Gasteiger partial charge in [0.1, 0.15) is 11.5 Å². The summed E-state index contributed by atoms with van der Waals surface area (Å²) in [7, 11) is 1.46. The molecular formula is C13H22N2O4S. The van der Waals surface area contributed by atoms with Gasteiger partial charge in [-0.1, -0.05) is 6.07 Å². The van der Waals surface area contributed by atoms with Crippen molar-refractivity contribution in [2.45, 2.75) is 18.7 Å². The summed E-state index contributed by atoms with van der Waals surface area (Å²) in [4.78, 5) is 0. The van der Waals surface area contributed by atoms with Crippen molar-refractivity contribution in [3.05, 3.63) is 23.8 Å². The van der Waals surface area contributed by atoms with Crippen LogP contribution in [-0.4, -0.2) is 41.5 Å². The van der Waals surface area contributed by atoms with Crippen LogP contribution in [0.25, 0.3) is 0 Å². The second-order valence-electron chi connectivity index (χ2n) is 4.41. The van der Waals surface area contributed by atoms with E-state index in [-0.39, 0.29) is 6.54 Å². The molecule has 1 rings (SSSR count). The van der Waals surface area contributed by atoms with Gasteiger partial charge >= 0.3 is 0 Å². The zero-order valence-corrected chi connectivity index (χ0v) is 13.1. The van der Waals surface area contributed by atoms with Crippen molar-refractivity contribution < 1.29 is 17.9 Å². The van der Waals surface area contributed by atoms with Gasteiger partial charge in [-0.05, 0) is 20.0 Å². The summed E-state index contributed by atoms with van der Waals surface area (Å²) in [5.41, 5.74) is 0.758. The van der Waals surface area contributed by atoms with E-state index in [1.807, 2.05) is 0 Å². The molecule has 0 amide bonds. The Labute approximate surface area is 120 Å². The lowest BCUT2D eigenvalue weighted by molar-refractivity contribution is 0.390. The van der Waals surface area contributed by atoms with E-state index in [0.29, 0.717) is 18.0 Å². The molecule has 2 N–H and O–H groups in total. The van der Waals surface area contributed by atoms with E-state index < -0.39 is 15.3 Å². The summed E-state index contributed by atoms with van der Waals surface area (Å²) in [6, 6.07) is 5.27. The van der Waals surface area contributed by atoms with E-state index in [0.717, 1.165) is 5.56 Å². The molecule has 0 aliphatic carbocycles. The van der Waals surface area contributed by atoms with Crippen LogP contribution in [0.3, 0.4) is 0 Å². The average molecular weight is 302 g/mol. The standard InChI is InChI=1S/C13H22N2O4S/c1-10(8-14-2)20(16,17)15-9-11-5-6-12(18-3)7-13(11)19-4/h5-7,10,14-15H,8-9H2,1-4H3. The molecule has 1 atom stereocenters. The van der Waals surface area contributed by atoms with E-state index >= 15 is 0 Å². The summed E-state index contributed by atoms with van der Waals surface area (Å²) in [5, 5.41) is 2.35. The molecule has 0 saturated heterocycles. The van der Waals surface area contributed by atoms with Gasteiger partial charge in [0, 0.05) is 24.7 Å². The first-order valence-corrected chi connectivity index (χ1v) is 7.83. The van der Waals surface area contributed by atoms with Crippen molar-refractivity contribution >= 4 is 10.0 Å². The molecule has 0 spiro atoms. The second-order valence-corrected chi connectivity index (χ2v) is 6.60. The highest BCUT2D eigenvalue weighted by Gasteiger charge is 2.20. The molecule has 1 aromatic rings. The molecule has 0 aromatic heterocycles. The highest BCUT2D eigenvalue weighted by Crippen LogP contribution is 2.24. The van der Waals surface area contributed by atoms with Crippen molar-refractivity contribution in [2.24, 2.45) is 0 Å². The SMILES string of the molecule is CNCC(C)S(=O)(=O)NCc1ccc(OC)cc1OC. The van der Waals surface area contributed by atoms with Crippen LogP contribution >= 0.6 is 0 Å². The molecule has 0 heterocycles. The maximum atomic E-state index is 12.0. The lowest BCUT2D eigenvalue weighted by atomic mass is 10.2. The fourth-order valence-electron chi connectivity index (χ4n) is 1.72. The monoisotopic (exact) mass is 302 g/mol. The minimum Gasteiger partial charge on any atom is -0.497 e. The molecule has 1 unspecified atom stereocenters. The lowest BCUT2D eigenvalue weighted by Crippen LogP contribution is -2.37. The Balaban J connectivity index is 2.79. The molecular weight excluding hydrogens is 280 g/mol. The Morgan fingerprint density at radius 3 is 2.50 bits per heavy atom. The number of hydrogen-bond donors (Lipinski definition) is 2. The van der Waals surface area contributed by atoms with Gasteiger partial charge in [0.25, 0.3) is 0 Å². The molecule has 114 valence electrons. The maximum Gasteiger partial charge on any atom is 0.215 e. The van der Waals surface area contributed by atoms with Gasteiger partial charge in [-0.2, -0.15) is 0 Å². The minimum absolute atomic E-state index is 0.184. The van der Waals surface area contributed by atoms with Crippen LogP contribution in [-0.2, 0) is 16.6 Å². The van der Waals surface area contributed by atoms with E-state index in [4.69, 9.17) is 9.47 Å². The fourth-order valence-corrected chi connectivity index (χ4v) is 2.74. The highest BCUT2D eigenvalue weighted by molar-refractivity contribution is 7.90. The number of hydrogen-bond acceptors (Lipinski definition) is 5. The van der Waals surface area contributed by atoms with Gasteiger partial charge in [-0.3, -0.25) is 0 Å². The normalized spacial score (nSPS) is 13.0. The van der Waals surface area contributed by atoms with Crippen LogP contribution in [0.5, 0.6) is 11.5 Å². The molecule has 0 aliphatic heterocycles. The zero-order chi connectivity index (χ0) is 15.2. The first-order valence-electron chi connectivity index (χ1n) is 6.28. The Bertz CT molecular complexity index is 531. The van der Waals surface area contributed by atoms with E-state index in [2.05, 4.69) is 10.0 Å². The van der Waals surface area contributed by atoms with E-state index in [9.17, 15) is 8.42 Å². The largest absolute Gasteiger partial charge is 0.497 e. The molecule has 0 bridgehead atoms. The number of sulfonamides is 1. The van der Waals surface area contributed by atoms with Crippen LogP contribution in [0, 0.1) is 0 Å². The van der Waals surface area contributed by atoms with Crippen LogP contribution in [0.4, 0.5) is 0 Å². The Kier molecular flexibility index (Phi) is 6.25. The zero-order valence-electron chi connectivity index (χ0n) is 12.3. The van der Waals surface area contributed by atoms with Crippen molar-refractivity contribution in [3.8, 4) is 11.5 Å². The van der Waals surface area contributed by atoms with Crippen molar-refractivity contribution in [2.75, 3.05) is 27.8 Å². The summed E-state index contributed by atoms with van der Waals surface area (Å²) in [5.74, 6) is 1.25. The smallest absolute Gasteiger partial charge is 0.215 e. The van der Waals surface area contributed by atoms with E-state index in [1.54, 1.807) is 39.3 Å². The van der Waals surface area contributed by atoms with Crippen molar-refractivity contribution in [1.29, 1.82) is 0 Å². The summed E-state index contributed by atoms with van der Waals surface area (Å²) in [6.45, 7) is 2.24. The average Bonchev–Trinajstić information content (AvgIpc) is 2.45. The Hall–Kier alpha value is -1.31. The summed E-state index contributed by atoms with van der Waals surface area (Å²) >= 11 is 0. The van der Waals surface area contributed by atoms with Gasteiger partial charge in [0.05, 0.1) is 19.5 Å². The fraction of sp³-hybridized carbons (Fsp3) is 0.538. The second kappa shape index (κ2) is 7.47. The topological polar surface area (TPSA) is 76.7 Å². The summed E-state index contributed by atoms with van der Waals surface area (Å²) < 4.78 is 36.9. The molecule has 0 aliphatic rings. The lowest BCUT2D eigenvalue weighted by Gasteiger charge is -2.15. The molecule has 6 nitrogen and oxygen atoms in total. The van der Waals surface area contributed by atoms with Gasteiger partial charge in [0.2, 0.25) is 10.0 Å². The first kappa shape index (κ1) is 16.7. The molecule has 1 aromatic carbocycles. The predicted molar refractivity (Wildman–Crippen MR) is 78.7 cm³/mol. The molecule has 20 heavy (non-hydrogen) atoms. The van der Waals surface area contributed by atoms with Gasteiger partial charge in [-0.25, -0.2) is 13.1 Å². The van der Waals surface area contributed by atoms with Gasteiger partial charge in [0.15, 0.2) is 0 Å². The van der Waals surface area contributed by atoms with Crippen LogP contribution < -0.4 is 19.5 Å². The van der Waals surface area contributed by atoms with Crippen LogP contribution in [0.1, 0.15) is 12.5 Å². The first-order chi connectivity index (χ1) is 9.44. The van der Waals surface area contributed by atoms with Crippen molar-refractivity contribution in [1.82, 2.24) is 10.0 Å².